The molecule has 3 aromatic rings. The highest BCUT2D eigenvalue weighted by atomic mass is 16.5. The maximum absolute atomic E-state index is 10.9. The number of methoxy groups -OCH3 is 3. The summed E-state index contributed by atoms with van der Waals surface area (Å²) < 4.78 is 34.3. The lowest BCUT2D eigenvalue weighted by atomic mass is 9.80. The number of hydrogen-bond acceptors (Lipinski definition) is 7. The van der Waals surface area contributed by atoms with Crippen molar-refractivity contribution in [3.8, 4) is 28.7 Å². The molecule has 0 spiro atoms. The number of ether oxygens (including phenoxy) is 5. The van der Waals surface area contributed by atoms with Crippen molar-refractivity contribution in [2.75, 3.05) is 27.9 Å². The molecule has 0 aliphatic carbocycles. The second kappa shape index (κ2) is 6.24. The molecule has 2 aliphatic heterocycles. The summed E-state index contributed by atoms with van der Waals surface area (Å²) in [6.07, 6.45) is 0.837. The monoisotopic (exact) mass is 384 g/mol. The number of aromatic hydroxyl groups is 1. The van der Waals surface area contributed by atoms with Gasteiger partial charge in [0.1, 0.15) is 41.6 Å². The van der Waals surface area contributed by atoms with Gasteiger partial charge in [-0.25, -0.2) is 0 Å². The van der Waals surface area contributed by atoms with E-state index in [1.165, 1.54) is 0 Å². The van der Waals surface area contributed by atoms with E-state index in [9.17, 15) is 5.11 Å². The Morgan fingerprint density at radius 1 is 1.04 bits per heavy atom. The normalized spacial score (nSPS) is 22.5. The minimum atomic E-state index is -0.422. The topological polar surface area (TPSA) is 79.5 Å². The van der Waals surface area contributed by atoms with Crippen molar-refractivity contribution in [3.63, 3.8) is 0 Å². The smallest absolute Gasteiger partial charge is 0.164 e. The molecule has 2 aromatic carbocycles. The molecule has 3 atom stereocenters. The Labute approximate surface area is 161 Å². The lowest BCUT2D eigenvalue weighted by Gasteiger charge is -2.42. The van der Waals surface area contributed by atoms with Crippen LogP contribution in [0, 0.1) is 0 Å². The maximum atomic E-state index is 10.9. The first-order valence-corrected chi connectivity index (χ1v) is 8.97. The number of benzene rings is 2. The molecule has 0 saturated carbocycles. The molecule has 146 valence electrons. The van der Waals surface area contributed by atoms with Gasteiger partial charge in [0.25, 0.3) is 0 Å². The van der Waals surface area contributed by atoms with Crippen molar-refractivity contribution >= 4 is 11.0 Å². The Kier molecular flexibility index (Phi) is 3.80. The van der Waals surface area contributed by atoms with E-state index < -0.39 is 6.10 Å². The Hall–Kier alpha value is -3.06. The summed E-state index contributed by atoms with van der Waals surface area (Å²) >= 11 is 0. The molecule has 0 radical (unpaired) electrons. The third kappa shape index (κ3) is 2.26. The molecule has 7 heteroatoms. The third-order valence-corrected chi connectivity index (χ3v) is 5.55. The molecule has 0 bridgehead atoms. The van der Waals surface area contributed by atoms with Crippen LogP contribution in [0.1, 0.15) is 23.1 Å². The highest BCUT2D eigenvalue weighted by Crippen LogP contribution is 2.55. The first kappa shape index (κ1) is 17.1. The number of fused-ring (bicyclic) bond motifs is 5. The van der Waals surface area contributed by atoms with E-state index in [1.807, 2.05) is 12.1 Å². The van der Waals surface area contributed by atoms with Gasteiger partial charge >= 0.3 is 0 Å². The fourth-order valence-electron chi connectivity index (χ4n) is 4.27. The zero-order valence-corrected chi connectivity index (χ0v) is 15.7. The molecule has 28 heavy (non-hydrogen) atoms. The van der Waals surface area contributed by atoms with E-state index in [0.29, 0.717) is 46.1 Å². The van der Waals surface area contributed by atoms with Gasteiger partial charge in [0.05, 0.1) is 37.4 Å². The van der Waals surface area contributed by atoms with Crippen LogP contribution in [-0.4, -0.2) is 39.1 Å². The summed E-state index contributed by atoms with van der Waals surface area (Å²) in [5.41, 5.74) is 2.06. The highest BCUT2D eigenvalue weighted by molar-refractivity contribution is 5.88. The third-order valence-electron chi connectivity index (χ3n) is 5.55. The summed E-state index contributed by atoms with van der Waals surface area (Å²) in [6, 6.07) is 7.22. The molecule has 2 aliphatic rings. The predicted molar refractivity (Wildman–Crippen MR) is 99.8 cm³/mol. The fraction of sp³-hybridized carbons (Fsp3) is 0.333. The van der Waals surface area contributed by atoms with Crippen molar-refractivity contribution in [2.24, 2.45) is 0 Å². The average Bonchev–Trinajstić information content (AvgIpc) is 3.19. The highest BCUT2D eigenvalue weighted by Gasteiger charge is 2.46. The van der Waals surface area contributed by atoms with Crippen LogP contribution in [0.2, 0.25) is 0 Å². The summed E-state index contributed by atoms with van der Waals surface area (Å²) in [7, 11) is 4.81. The van der Waals surface area contributed by atoms with Gasteiger partial charge in [0.15, 0.2) is 11.5 Å². The quantitative estimate of drug-likeness (QED) is 0.736. The van der Waals surface area contributed by atoms with E-state index in [0.717, 1.165) is 5.56 Å². The van der Waals surface area contributed by atoms with E-state index >= 15 is 0 Å². The number of hydrogen-bond donors (Lipinski definition) is 1. The van der Waals surface area contributed by atoms with E-state index in [1.54, 1.807) is 39.7 Å². The molecule has 0 saturated heterocycles. The maximum Gasteiger partial charge on any atom is 0.164 e. The summed E-state index contributed by atoms with van der Waals surface area (Å²) in [4.78, 5) is 0. The number of phenolic OH excluding ortho intramolecular Hbond substituents is 1. The van der Waals surface area contributed by atoms with Gasteiger partial charge in [-0.15, -0.1) is 0 Å². The first-order valence-electron chi connectivity index (χ1n) is 8.97. The van der Waals surface area contributed by atoms with Crippen LogP contribution in [0.5, 0.6) is 28.7 Å². The number of phenols is 1. The second-order valence-corrected chi connectivity index (χ2v) is 6.86. The van der Waals surface area contributed by atoms with Crippen molar-refractivity contribution in [1.29, 1.82) is 0 Å². The number of furan rings is 1. The van der Waals surface area contributed by atoms with Crippen LogP contribution in [0.25, 0.3) is 11.0 Å². The van der Waals surface area contributed by atoms with Gasteiger partial charge in [0, 0.05) is 24.8 Å². The van der Waals surface area contributed by atoms with Crippen molar-refractivity contribution in [3.05, 3.63) is 41.7 Å². The van der Waals surface area contributed by atoms with Crippen LogP contribution in [0.3, 0.4) is 0 Å². The first-order chi connectivity index (χ1) is 13.7. The summed E-state index contributed by atoms with van der Waals surface area (Å²) in [6.45, 7) is 0.351. The van der Waals surface area contributed by atoms with Gasteiger partial charge < -0.3 is 33.2 Å². The van der Waals surface area contributed by atoms with Crippen LogP contribution in [-0.2, 0) is 4.74 Å². The minimum Gasteiger partial charge on any atom is -0.507 e. The van der Waals surface area contributed by atoms with Crippen molar-refractivity contribution < 1.29 is 33.2 Å². The van der Waals surface area contributed by atoms with Gasteiger partial charge in [-0.1, -0.05) is 0 Å². The predicted octanol–water partition coefficient (Wildman–Crippen LogP) is 3.78. The molecule has 0 fully saturated rings. The van der Waals surface area contributed by atoms with Crippen LogP contribution >= 0.6 is 0 Å². The Balaban J connectivity index is 1.70. The van der Waals surface area contributed by atoms with Gasteiger partial charge in [0.2, 0.25) is 0 Å². The van der Waals surface area contributed by atoms with Crippen LogP contribution in [0.4, 0.5) is 0 Å². The molecular weight excluding hydrogens is 364 g/mol. The molecule has 0 unspecified atom stereocenters. The second-order valence-electron chi connectivity index (χ2n) is 6.86. The van der Waals surface area contributed by atoms with Crippen molar-refractivity contribution in [1.82, 2.24) is 0 Å². The van der Waals surface area contributed by atoms with Gasteiger partial charge in [-0.3, -0.25) is 0 Å². The average molecular weight is 384 g/mol. The minimum absolute atomic E-state index is 0.111. The zero-order valence-electron chi connectivity index (χ0n) is 15.7. The standard InChI is InChI=1S/C21H20O7/c1-23-14-6-11-13(7-15(14)24-2)27-9-17-18(11)21(25-3)19-16(28-17)8-12-10(20(19)22)4-5-26-12/h4-8,17-18,21-22H,9H2,1-3H3/t17-,18-,21+/m0/s1. The van der Waals surface area contributed by atoms with E-state index in [4.69, 9.17) is 28.1 Å². The lowest BCUT2D eigenvalue weighted by Crippen LogP contribution is -2.42. The molecule has 7 nitrogen and oxygen atoms in total. The fourth-order valence-corrected chi connectivity index (χ4v) is 4.27. The largest absolute Gasteiger partial charge is 0.507 e. The number of rotatable bonds is 3. The van der Waals surface area contributed by atoms with Crippen LogP contribution < -0.4 is 18.9 Å². The van der Waals surface area contributed by atoms with Gasteiger partial charge in [-0.05, 0) is 12.1 Å². The Morgan fingerprint density at radius 2 is 1.82 bits per heavy atom. The molecule has 3 heterocycles. The summed E-state index contributed by atoms with van der Waals surface area (Å²) in [5.74, 6) is 2.35. The van der Waals surface area contributed by atoms with E-state index in [2.05, 4.69) is 0 Å². The molecule has 1 aromatic heterocycles. The lowest BCUT2D eigenvalue weighted by molar-refractivity contribution is -0.0213. The zero-order chi connectivity index (χ0) is 19.4. The molecule has 5 rings (SSSR count). The Morgan fingerprint density at radius 3 is 2.57 bits per heavy atom. The SMILES string of the molecule is COc1cc2c(cc1OC)[C@H]1[C@H](CO2)Oc2cc3occc3c(O)c2[C@@H]1OC. The van der Waals surface area contributed by atoms with Crippen LogP contribution in [0.15, 0.2) is 34.9 Å². The molecule has 0 amide bonds. The van der Waals surface area contributed by atoms with Crippen molar-refractivity contribution in [2.45, 2.75) is 18.1 Å². The Bertz CT molecular complexity index is 1050. The molecular formula is C21H20O7. The van der Waals surface area contributed by atoms with E-state index in [-0.39, 0.29) is 17.8 Å². The van der Waals surface area contributed by atoms with Gasteiger partial charge in [-0.2, -0.15) is 0 Å². The summed E-state index contributed by atoms with van der Waals surface area (Å²) in [5, 5.41) is 11.5. The molecule has 1 N–H and O–H groups in total.